The van der Waals surface area contributed by atoms with Gasteiger partial charge in [-0.25, -0.2) is 13.9 Å². The standard InChI is InChI=1S/C19H23N9O12S2/c1-19(2,16(33)34)40-25-12(13-24-17(20)41-26-13)14(31)23-11-8(28(15(11)32)42(37,38)39)5-22-18(35)21-4-7-3-9(29)10(30)6-27(7)36/h3,6,8,11,30,36H,4-5H2,1-2H3,(H,23,31)(H,33,34)(H2,20,24,26)(H2,21,22,35)(H,37,38,39)/t8-,11+/m1/s1. The number of hydrogen-bond acceptors (Lipinski definition) is 15. The molecule has 1 fully saturated rings. The monoisotopic (exact) mass is 633 g/mol. The van der Waals surface area contributed by atoms with Crippen molar-refractivity contribution < 1.29 is 52.4 Å². The third kappa shape index (κ3) is 6.99. The summed E-state index contributed by atoms with van der Waals surface area (Å²) in [5.41, 5.74) is 1.88. The lowest BCUT2D eigenvalue weighted by atomic mass is 9.98. The number of oxime groups is 1. The first-order valence-electron chi connectivity index (χ1n) is 11.3. The number of hydrogen-bond donors (Lipinski definition) is 8. The molecular weight excluding hydrogens is 610 g/mol. The van der Waals surface area contributed by atoms with Gasteiger partial charge in [0.15, 0.2) is 10.9 Å². The summed E-state index contributed by atoms with van der Waals surface area (Å²) in [5.74, 6) is -5.15. The Balaban J connectivity index is 1.76. The molecule has 1 saturated heterocycles. The minimum Gasteiger partial charge on any atom is -0.503 e. The third-order valence-electron chi connectivity index (χ3n) is 5.44. The number of β-lactam (4-membered cyclic amide) rings is 1. The average molecular weight is 634 g/mol. The Labute approximate surface area is 238 Å². The number of nitrogens with two attached hydrogens (primary N) is 1. The summed E-state index contributed by atoms with van der Waals surface area (Å²) >= 11 is 0.645. The Morgan fingerprint density at radius 2 is 1.93 bits per heavy atom. The summed E-state index contributed by atoms with van der Waals surface area (Å²) in [4.78, 5) is 69.4. The second-order valence-corrected chi connectivity index (χ2v) is 10.9. The molecular formula is C19H23N9O12S2. The molecule has 42 heavy (non-hydrogen) atoms. The van der Waals surface area contributed by atoms with Crippen molar-refractivity contribution in [3.63, 3.8) is 0 Å². The fourth-order valence-corrected chi connectivity index (χ4v) is 4.52. The van der Waals surface area contributed by atoms with E-state index in [4.69, 9.17) is 10.6 Å². The Kier molecular flexibility index (Phi) is 8.87. The van der Waals surface area contributed by atoms with E-state index in [1.54, 1.807) is 0 Å². The van der Waals surface area contributed by atoms with E-state index in [0.29, 0.717) is 22.5 Å². The molecule has 4 amide bonds. The number of urea groups is 1. The zero-order chi connectivity index (χ0) is 31.6. The van der Waals surface area contributed by atoms with Gasteiger partial charge in [-0.3, -0.25) is 18.9 Å². The lowest BCUT2D eigenvalue weighted by molar-refractivity contribution is -0.161. The average Bonchev–Trinajstić information content (AvgIpc) is 3.30. The van der Waals surface area contributed by atoms with Crippen LogP contribution in [0.3, 0.4) is 0 Å². The molecule has 0 spiro atoms. The van der Waals surface area contributed by atoms with Crippen LogP contribution in [0.15, 0.2) is 22.2 Å². The first-order valence-corrected chi connectivity index (χ1v) is 13.5. The molecule has 21 nitrogen and oxygen atoms in total. The third-order valence-corrected chi connectivity index (χ3v) is 6.93. The van der Waals surface area contributed by atoms with Crippen molar-refractivity contribution >= 4 is 56.5 Å². The summed E-state index contributed by atoms with van der Waals surface area (Å²) in [7, 11) is -5.15. The van der Waals surface area contributed by atoms with Crippen molar-refractivity contribution in [1.82, 2.24) is 34.3 Å². The van der Waals surface area contributed by atoms with Gasteiger partial charge in [0.25, 0.3) is 11.8 Å². The number of pyridine rings is 1. The molecule has 2 aromatic rings. The van der Waals surface area contributed by atoms with Gasteiger partial charge in [-0.1, -0.05) is 5.16 Å². The van der Waals surface area contributed by atoms with Gasteiger partial charge >= 0.3 is 22.3 Å². The molecule has 23 heteroatoms. The van der Waals surface area contributed by atoms with Gasteiger partial charge in [0.1, 0.15) is 6.04 Å². The van der Waals surface area contributed by atoms with E-state index in [1.165, 1.54) is 0 Å². The quantitative estimate of drug-likeness (QED) is 0.0397. The van der Waals surface area contributed by atoms with Crippen LogP contribution in [-0.2, 0) is 36.1 Å². The molecule has 1 aliphatic rings. The topological polar surface area (TPSA) is 318 Å². The van der Waals surface area contributed by atoms with Gasteiger partial charge in [-0.15, -0.1) is 0 Å². The van der Waals surface area contributed by atoms with Gasteiger partial charge in [-0.2, -0.15) is 22.5 Å². The maximum atomic E-state index is 13.0. The highest BCUT2D eigenvalue weighted by atomic mass is 32.2. The molecule has 2 aromatic heterocycles. The fraction of sp³-hybridized carbons (Fsp3) is 0.368. The van der Waals surface area contributed by atoms with E-state index in [0.717, 1.165) is 19.9 Å². The van der Waals surface area contributed by atoms with Crippen molar-refractivity contribution in [2.75, 3.05) is 12.3 Å². The normalized spacial score (nSPS) is 17.3. The van der Waals surface area contributed by atoms with Crippen LogP contribution in [0.4, 0.5) is 9.93 Å². The summed E-state index contributed by atoms with van der Waals surface area (Å²) in [5, 5.41) is 38.2. The molecule has 0 aliphatic carbocycles. The number of carbonyl (C=O) groups is 4. The number of anilines is 1. The number of nitrogen functional groups attached to an aromatic ring is 1. The van der Waals surface area contributed by atoms with E-state index in [9.17, 15) is 52.4 Å². The van der Waals surface area contributed by atoms with Crippen molar-refractivity contribution in [2.45, 2.75) is 38.1 Å². The number of nitrogens with one attached hydrogen (secondary N) is 3. The first kappa shape index (κ1) is 31.5. The van der Waals surface area contributed by atoms with Crippen LogP contribution in [0.1, 0.15) is 25.4 Å². The Morgan fingerprint density at radius 1 is 1.26 bits per heavy atom. The molecule has 3 heterocycles. The second-order valence-electron chi connectivity index (χ2n) is 8.86. The molecule has 0 bridgehead atoms. The minimum atomic E-state index is -5.15. The van der Waals surface area contributed by atoms with Crippen LogP contribution in [0.2, 0.25) is 0 Å². The molecule has 2 atom stereocenters. The minimum absolute atomic E-state index is 0.0104. The number of carboxylic acids is 1. The highest BCUT2D eigenvalue weighted by Gasteiger charge is 2.54. The lowest BCUT2D eigenvalue weighted by Gasteiger charge is -2.44. The van der Waals surface area contributed by atoms with E-state index in [2.05, 4.69) is 30.5 Å². The van der Waals surface area contributed by atoms with Gasteiger partial charge in [0.05, 0.1) is 24.5 Å². The molecule has 0 radical (unpaired) electrons. The van der Waals surface area contributed by atoms with Crippen molar-refractivity contribution in [1.29, 1.82) is 0 Å². The molecule has 3 rings (SSSR count). The predicted molar refractivity (Wildman–Crippen MR) is 138 cm³/mol. The molecule has 0 saturated carbocycles. The largest absolute Gasteiger partial charge is 0.503 e. The second kappa shape index (κ2) is 11.8. The smallest absolute Gasteiger partial charge is 0.362 e. The van der Waals surface area contributed by atoms with E-state index >= 15 is 0 Å². The van der Waals surface area contributed by atoms with Gasteiger partial charge < -0.3 is 41.9 Å². The summed E-state index contributed by atoms with van der Waals surface area (Å²) in [6.07, 6.45) is 0.690. The number of aromatic hydroxyl groups is 1. The van der Waals surface area contributed by atoms with E-state index in [1.807, 2.05) is 0 Å². The van der Waals surface area contributed by atoms with Crippen molar-refractivity contribution in [3.05, 3.63) is 34.0 Å². The fourth-order valence-electron chi connectivity index (χ4n) is 3.20. The summed E-state index contributed by atoms with van der Waals surface area (Å²) in [6, 6.07) is -3.41. The lowest BCUT2D eigenvalue weighted by Crippen LogP contribution is -2.74. The van der Waals surface area contributed by atoms with E-state index in [-0.39, 0.29) is 15.1 Å². The maximum absolute atomic E-state index is 13.0. The molecule has 0 aromatic carbocycles. The summed E-state index contributed by atoms with van der Waals surface area (Å²) in [6.45, 7) is 1.12. The molecule has 228 valence electrons. The van der Waals surface area contributed by atoms with Crippen molar-refractivity contribution in [2.24, 2.45) is 5.16 Å². The number of rotatable bonds is 11. The number of carbonyl (C=O) groups excluding carboxylic acids is 3. The Bertz CT molecular complexity index is 1620. The van der Waals surface area contributed by atoms with Crippen LogP contribution in [-0.4, -0.2) is 101 Å². The number of nitrogens with zero attached hydrogens (tertiary/aromatic N) is 5. The number of amides is 4. The summed E-state index contributed by atoms with van der Waals surface area (Å²) < 4.78 is 37.1. The van der Waals surface area contributed by atoms with Crippen LogP contribution in [0.5, 0.6) is 5.75 Å². The van der Waals surface area contributed by atoms with Gasteiger partial charge in [0, 0.05) is 24.1 Å². The highest BCUT2D eigenvalue weighted by molar-refractivity contribution is 7.84. The zero-order valence-corrected chi connectivity index (χ0v) is 23.0. The maximum Gasteiger partial charge on any atom is 0.362 e. The number of aromatic nitrogens is 3. The van der Waals surface area contributed by atoms with Crippen LogP contribution >= 0.6 is 11.5 Å². The highest BCUT2D eigenvalue weighted by Crippen LogP contribution is 2.23. The zero-order valence-electron chi connectivity index (χ0n) is 21.4. The van der Waals surface area contributed by atoms with Gasteiger partial charge in [0.2, 0.25) is 22.6 Å². The van der Waals surface area contributed by atoms with Crippen LogP contribution in [0.25, 0.3) is 0 Å². The molecule has 9 N–H and O–H groups in total. The van der Waals surface area contributed by atoms with E-state index < -0.39 is 87.6 Å². The Hall–Kier alpha value is -5.03. The molecule has 0 unspecified atom stereocenters. The number of carboxylic acid groups (broad SMARTS) is 1. The number of aliphatic carboxylic acids is 1. The van der Waals surface area contributed by atoms with Crippen molar-refractivity contribution in [3.8, 4) is 5.75 Å². The van der Waals surface area contributed by atoms with Crippen LogP contribution < -0.4 is 27.1 Å². The SMILES string of the molecule is CC(C)(ON=C(C(=O)N[C@@H]1C(=O)N(S(=O)(=O)O)[C@@H]1CNC(=O)NCc1cc(=O)c(O)cn1O)c1nsc(N)n1)C(=O)O. The predicted octanol–water partition coefficient (Wildman–Crippen LogP) is -3.19. The van der Waals surface area contributed by atoms with Gasteiger partial charge in [-0.05, 0) is 13.8 Å². The molecule has 1 aliphatic heterocycles. The van der Waals surface area contributed by atoms with Crippen LogP contribution in [0, 0.1) is 0 Å². The first-order chi connectivity index (χ1) is 19.4. The Morgan fingerprint density at radius 3 is 2.50 bits per heavy atom.